The van der Waals surface area contributed by atoms with Gasteiger partial charge in [-0.15, -0.1) is 0 Å². The molecule has 0 aliphatic carbocycles. The predicted molar refractivity (Wildman–Crippen MR) is 105 cm³/mol. The second-order valence-corrected chi connectivity index (χ2v) is 7.46. The van der Waals surface area contributed by atoms with Gasteiger partial charge in [-0.2, -0.15) is 0 Å². The van der Waals surface area contributed by atoms with Gasteiger partial charge in [-0.3, -0.25) is 0 Å². The third kappa shape index (κ3) is 2.95. The Morgan fingerprint density at radius 1 is 0.560 bits per heavy atom. The topological polar surface area (TPSA) is 9.23 Å². The summed E-state index contributed by atoms with van der Waals surface area (Å²) in [7, 11) is 1.71. The first-order chi connectivity index (χ1) is 12.0. The van der Waals surface area contributed by atoms with Crippen LogP contribution in [0.1, 0.15) is 37.5 Å². The van der Waals surface area contributed by atoms with Crippen LogP contribution in [-0.4, -0.2) is 7.11 Å². The molecule has 0 fully saturated rings. The zero-order valence-electron chi connectivity index (χ0n) is 15.5. The number of benzene rings is 3. The zero-order valence-corrected chi connectivity index (χ0v) is 15.5. The standard InChI is InChI=1S/C24H26O/c1-23(2,3)24(19-11-7-5-8-12-19,20-13-9-6-10-14-20)21-15-17-22(25-4)18-16-21/h5-18H,1-4H3. The van der Waals surface area contributed by atoms with Crippen LogP contribution in [-0.2, 0) is 5.41 Å². The van der Waals surface area contributed by atoms with E-state index in [4.69, 9.17) is 4.74 Å². The van der Waals surface area contributed by atoms with Crippen molar-refractivity contribution in [2.45, 2.75) is 26.2 Å². The maximum Gasteiger partial charge on any atom is 0.118 e. The van der Waals surface area contributed by atoms with Crippen LogP contribution in [0.4, 0.5) is 0 Å². The van der Waals surface area contributed by atoms with Gasteiger partial charge in [-0.05, 0) is 34.2 Å². The summed E-state index contributed by atoms with van der Waals surface area (Å²) in [4.78, 5) is 0. The summed E-state index contributed by atoms with van der Waals surface area (Å²) in [6.45, 7) is 6.95. The average Bonchev–Trinajstić information content (AvgIpc) is 2.63. The van der Waals surface area contributed by atoms with Crippen LogP contribution < -0.4 is 4.74 Å². The van der Waals surface area contributed by atoms with Gasteiger partial charge in [-0.25, -0.2) is 0 Å². The van der Waals surface area contributed by atoms with Gasteiger partial charge in [0, 0.05) is 5.41 Å². The number of hydrogen-bond acceptors (Lipinski definition) is 1. The molecule has 0 saturated heterocycles. The van der Waals surface area contributed by atoms with Gasteiger partial charge in [0.1, 0.15) is 5.75 Å². The third-order valence-corrected chi connectivity index (χ3v) is 5.06. The fourth-order valence-corrected chi connectivity index (χ4v) is 4.02. The molecule has 0 atom stereocenters. The first-order valence-electron chi connectivity index (χ1n) is 8.76. The highest BCUT2D eigenvalue weighted by molar-refractivity contribution is 5.53. The van der Waals surface area contributed by atoms with E-state index in [2.05, 4.69) is 106 Å². The smallest absolute Gasteiger partial charge is 0.118 e. The van der Waals surface area contributed by atoms with E-state index in [1.165, 1.54) is 16.7 Å². The van der Waals surface area contributed by atoms with E-state index in [0.717, 1.165) is 5.75 Å². The number of rotatable bonds is 4. The lowest BCUT2D eigenvalue weighted by atomic mass is 9.56. The summed E-state index contributed by atoms with van der Waals surface area (Å²) in [5.41, 5.74) is 3.61. The van der Waals surface area contributed by atoms with Gasteiger partial charge in [-0.1, -0.05) is 93.6 Å². The van der Waals surface area contributed by atoms with Gasteiger partial charge in [0.25, 0.3) is 0 Å². The second-order valence-electron chi connectivity index (χ2n) is 7.46. The molecule has 0 heterocycles. The molecular formula is C24H26O. The van der Waals surface area contributed by atoms with Crippen molar-refractivity contribution in [3.63, 3.8) is 0 Å². The SMILES string of the molecule is COc1ccc(C(c2ccccc2)(c2ccccc2)C(C)(C)C)cc1. The fourth-order valence-electron chi connectivity index (χ4n) is 4.02. The Hall–Kier alpha value is -2.54. The predicted octanol–water partition coefficient (Wildman–Crippen LogP) is 6.08. The summed E-state index contributed by atoms with van der Waals surface area (Å²) in [5, 5.41) is 0. The Balaban J connectivity index is 2.36. The van der Waals surface area contributed by atoms with Crippen molar-refractivity contribution in [2.24, 2.45) is 5.41 Å². The molecule has 0 aliphatic heterocycles. The van der Waals surface area contributed by atoms with Crippen molar-refractivity contribution in [2.75, 3.05) is 7.11 Å². The van der Waals surface area contributed by atoms with Crippen molar-refractivity contribution in [3.8, 4) is 5.75 Å². The average molecular weight is 330 g/mol. The Labute approximate surface area is 151 Å². The molecule has 3 aromatic carbocycles. The summed E-state index contributed by atoms with van der Waals surface area (Å²) < 4.78 is 5.38. The normalized spacial score (nSPS) is 12.0. The van der Waals surface area contributed by atoms with Crippen LogP contribution in [0, 0.1) is 5.41 Å². The van der Waals surface area contributed by atoms with Gasteiger partial charge >= 0.3 is 0 Å². The van der Waals surface area contributed by atoms with Gasteiger partial charge < -0.3 is 4.74 Å². The minimum Gasteiger partial charge on any atom is -0.497 e. The summed E-state index contributed by atoms with van der Waals surface area (Å²) in [6, 6.07) is 30.1. The highest BCUT2D eigenvalue weighted by atomic mass is 16.5. The molecule has 3 aromatic rings. The number of methoxy groups -OCH3 is 1. The molecule has 1 nitrogen and oxygen atoms in total. The Morgan fingerprint density at radius 2 is 0.960 bits per heavy atom. The summed E-state index contributed by atoms with van der Waals surface area (Å²) >= 11 is 0. The van der Waals surface area contributed by atoms with Crippen LogP contribution >= 0.6 is 0 Å². The number of ether oxygens (including phenoxy) is 1. The van der Waals surface area contributed by atoms with Crippen molar-refractivity contribution in [1.82, 2.24) is 0 Å². The van der Waals surface area contributed by atoms with E-state index in [1.807, 2.05) is 0 Å². The maximum absolute atomic E-state index is 5.38. The van der Waals surface area contributed by atoms with Crippen LogP contribution in [0.25, 0.3) is 0 Å². The molecule has 0 saturated carbocycles. The fraction of sp³-hybridized carbons (Fsp3) is 0.250. The molecule has 25 heavy (non-hydrogen) atoms. The molecule has 0 aromatic heterocycles. The molecule has 0 bridgehead atoms. The number of hydrogen-bond donors (Lipinski definition) is 0. The highest BCUT2D eigenvalue weighted by Gasteiger charge is 2.46. The van der Waals surface area contributed by atoms with E-state index in [0.29, 0.717) is 0 Å². The molecule has 0 unspecified atom stereocenters. The minimum atomic E-state index is -0.248. The summed E-state index contributed by atoms with van der Waals surface area (Å²) in [5.74, 6) is 0.882. The van der Waals surface area contributed by atoms with Gasteiger partial charge in [0.2, 0.25) is 0 Å². The molecule has 0 spiro atoms. The van der Waals surface area contributed by atoms with Crippen molar-refractivity contribution in [1.29, 1.82) is 0 Å². The third-order valence-electron chi connectivity index (χ3n) is 5.06. The van der Waals surface area contributed by atoms with Crippen LogP contribution in [0.3, 0.4) is 0 Å². The van der Waals surface area contributed by atoms with E-state index in [9.17, 15) is 0 Å². The zero-order chi connectivity index (χ0) is 17.9. The van der Waals surface area contributed by atoms with Crippen LogP contribution in [0.15, 0.2) is 84.9 Å². The Kier molecular flexibility index (Phi) is 4.67. The largest absolute Gasteiger partial charge is 0.497 e. The molecule has 0 N–H and O–H groups in total. The molecule has 0 aliphatic rings. The van der Waals surface area contributed by atoms with Crippen molar-refractivity contribution in [3.05, 3.63) is 102 Å². The van der Waals surface area contributed by atoms with Crippen LogP contribution in [0.5, 0.6) is 5.75 Å². The highest BCUT2D eigenvalue weighted by Crippen LogP contribution is 2.51. The molecular weight excluding hydrogens is 304 g/mol. The van der Waals surface area contributed by atoms with Crippen molar-refractivity contribution < 1.29 is 4.74 Å². The Morgan fingerprint density at radius 3 is 1.32 bits per heavy atom. The maximum atomic E-state index is 5.38. The molecule has 0 amide bonds. The summed E-state index contributed by atoms with van der Waals surface area (Å²) in [6.07, 6.45) is 0. The molecule has 1 heteroatoms. The minimum absolute atomic E-state index is 0.0235. The van der Waals surface area contributed by atoms with E-state index in [1.54, 1.807) is 7.11 Å². The van der Waals surface area contributed by atoms with Gasteiger partial charge in [0.05, 0.1) is 7.11 Å². The monoisotopic (exact) mass is 330 g/mol. The van der Waals surface area contributed by atoms with Gasteiger partial charge in [0.15, 0.2) is 0 Å². The van der Waals surface area contributed by atoms with E-state index in [-0.39, 0.29) is 10.8 Å². The van der Waals surface area contributed by atoms with Crippen molar-refractivity contribution >= 4 is 0 Å². The first kappa shape index (κ1) is 17.3. The first-order valence-corrected chi connectivity index (χ1v) is 8.76. The molecule has 128 valence electrons. The molecule has 3 rings (SSSR count). The van der Waals surface area contributed by atoms with E-state index >= 15 is 0 Å². The lowest BCUT2D eigenvalue weighted by Crippen LogP contribution is -2.42. The Bertz CT molecular complexity index is 757. The lowest BCUT2D eigenvalue weighted by molar-refractivity contribution is 0.272. The van der Waals surface area contributed by atoms with Crippen LogP contribution in [0.2, 0.25) is 0 Å². The van der Waals surface area contributed by atoms with E-state index < -0.39 is 0 Å². The lowest BCUT2D eigenvalue weighted by Gasteiger charge is -2.47. The quantitative estimate of drug-likeness (QED) is 0.527. The molecule has 0 radical (unpaired) electrons. The second kappa shape index (κ2) is 6.76.